The largest absolute Gasteiger partial charge is 0.345 e. The SMILES string of the molecule is Cc1nc(-c2c[nH]c3ncc(Cl)cc23)ncc1F. The van der Waals surface area contributed by atoms with Crippen molar-refractivity contribution in [3.05, 3.63) is 41.2 Å². The summed E-state index contributed by atoms with van der Waals surface area (Å²) in [6, 6.07) is 1.78. The molecule has 18 heavy (non-hydrogen) atoms. The monoisotopic (exact) mass is 262 g/mol. The van der Waals surface area contributed by atoms with Crippen LogP contribution in [0.1, 0.15) is 5.69 Å². The van der Waals surface area contributed by atoms with Crippen molar-refractivity contribution < 1.29 is 4.39 Å². The Morgan fingerprint density at radius 2 is 2.11 bits per heavy atom. The first-order valence-electron chi connectivity index (χ1n) is 5.27. The predicted molar refractivity (Wildman–Crippen MR) is 66.8 cm³/mol. The number of aryl methyl sites for hydroxylation is 1. The van der Waals surface area contributed by atoms with E-state index in [4.69, 9.17) is 11.6 Å². The topological polar surface area (TPSA) is 54.5 Å². The zero-order valence-corrected chi connectivity index (χ0v) is 10.2. The van der Waals surface area contributed by atoms with Crippen LogP contribution in [-0.4, -0.2) is 19.9 Å². The van der Waals surface area contributed by atoms with Crippen molar-refractivity contribution in [2.45, 2.75) is 6.92 Å². The number of rotatable bonds is 1. The molecule has 0 radical (unpaired) electrons. The standard InChI is InChI=1S/C12H8ClFN4/c1-6-10(14)5-17-12(18-6)9-4-16-11-8(9)2-7(13)3-15-11/h2-5H,1H3,(H,15,16). The van der Waals surface area contributed by atoms with E-state index < -0.39 is 5.82 Å². The van der Waals surface area contributed by atoms with Crippen molar-refractivity contribution in [3.63, 3.8) is 0 Å². The third-order valence-electron chi connectivity index (χ3n) is 2.66. The van der Waals surface area contributed by atoms with E-state index >= 15 is 0 Å². The first-order chi connectivity index (χ1) is 8.65. The molecule has 3 rings (SSSR count). The lowest BCUT2D eigenvalue weighted by Gasteiger charge is -2.00. The summed E-state index contributed by atoms with van der Waals surface area (Å²) in [5, 5.41) is 1.34. The van der Waals surface area contributed by atoms with E-state index in [1.165, 1.54) is 0 Å². The predicted octanol–water partition coefficient (Wildman–Crippen LogP) is 3.12. The van der Waals surface area contributed by atoms with Crippen LogP contribution in [0.25, 0.3) is 22.4 Å². The first kappa shape index (κ1) is 11.1. The van der Waals surface area contributed by atoms with Gasteiger partial charge in [-0.1, -0.05) is 11.6 Å². The molecule has 3 aromatic heterocycles. The zero-order chi connectivity index (χ0) is 12.7. The number of halogens is 2. The average molecular weight is 263 g/mol. The van der Waals surface area contributed by atoms with Crippen LogP contribution in [0.3, 0.4) is 0 Å². The summed E-state index contributed by atoms with van der Waals surface area (Å²) in [6.45, 7) is 1.60. The van der Waals surface area contributed by atoms with Gasteiger partial charge in [-0.15, -0.1) is 0 Å². The Morgan fingerprint density at radius 3 is 2.89 bits per heavy atom. The van der Waals surface area contributed by atoms with Crippen LogP contribution >= 0.6 is 11.6 Å². The van der Waals surface area contributed by atoms with Gasteiger partial charge in [0.15, 0.2) is 11.6 Å². The van der Waals surface area contributed by atoms with Gasteiger partial charge in [0.25, 0.3) is 0 Å². The van der Waals surface area contributed by atoms with Gasteiger partial charge >= 0.3 is 0 Å². The summed E-state index contributed by atoms with van der Waals surface area (Å²) < 4.78 is 13.2. The molecule has 0 saturated carbocycles. The fraction of sp³-hybridized carbons (Fsp3) is 0.0833. The molecule has 0 atom stereocenters. The second-order valence-corrected chi connectivity index (χ2v) is 4.32. The van der Waals surface area contributed by atoms with Crippen LogP contribution in [-0.2, 0) is 0 Å². The Hall–Kier alpha value is -2.01. The molecule has 90 valence electrons. The third-order valence-corrected chi connectivity index (χ3v) is 2.86. The first-order valence-corrected chi connectivity index (χ1v) is 5.65. The smallest absolute Gasteiger partial charge is 0.162 e. The summed E-state index contributed by atoms with van der Waals surface area (Å²) in [6.07, 6.45) is 4.45. The van der Waals surface area contributed by atoms with Crippen LogP contribution in [0.4, 0.5) is 4.39 Å². The molecule has 3 aromatic rings. The lowest BCUT2D eigenvalue weighted by atomic mass is 10.2. The molecule has 0 saturated heterocycles. The van der Waals surface area contributed by atoms with Gasteiger partial charge in [0.1, 0.15) is 5.65 Å². The van der Waals surface area contributed by atoms with Crippen LogP contribution in [0, 0.1) is 12.7 Å². The molecule has 0 spiro atoms. The third kappa shape index (κ3) is 1.73. The van der Waals surface area contributed by atoms with E-state index in [9.17, 15) is 4.39 Å². The normalized spacial score (nSPS) is 11.1. The molecule has 0 aliphatic rings. The second kappa shape index (κ2) is 4.03. The maximum Gasteiger partial charge on any atom is 0.162 e. The highest BCUT2D eigenvalue weighted by atomic mass is 35.5. The number of nitrogens with zero attached hydrogens (tertiary/aromatic N) is 3. The van der Waals surface area contributed by atoms with Crippen molar-refractivity contribution in [3.8, 4) is 11.4 Å². The number of aromatic amines is 1. The minimum atomic E-state index is -0.422. The Balaban J connectivity index is 2.24. The second-order valence-electron chi connectivity index (χ2n) is 3.88. The maximum atomic E-state index is 13.2. The van der Waals surface area contributed by atoms with Gasteiger partial charge in [0.2, 0.25) is 0 Å². The number of nitrogens with one attached hydrogen (secondary N) is 1. The molecule has 0 aromatic carbocycles. The molecule has 4 nitrogen and oxygen atoms in total. The fourth-order valence-corrected chi connectivity index (χ4v) is 1.90. The van der Waals surface area contributed by atoms with Crippen molar-refractivity contribution in [2.75, 3.05) is 0 Å². The summed E-state index contributed by atoms with van der Waals surface area (Å²) in [7, 11) is 0. The van der Waals surface area contributed by atoms with E-state index in [0.717, 1.165) is 17.1 Å². The lowest BCUT2D eigenvalue weighted by Crippen LogP contribution is -1.94. The Bertz CT molecular complexity index is 738. The molecule has 0 aliphatic heterocycles. The number of hydrogen-bond acceptors (Lipinski definition) is 3. The van der Waals surface area contributed by atoms with Gasteiger partial charge in [0, 0.05) is 23.3 Å². The summed E-state index contributed by atoms with van der Waals surface area (Å²) in [4.78, 5) is 15.3. The highest BCUT2D eigenvalue weighted by molar-refractivity contribution is 6.31. The van der Waals surface area contributed by atoms with Gasteiger partial charge in [-0.3, -0.25) is 0 Å². The Labute approximate surface area is 107 Å². The Morgan fingerprint density at radius 1 is 1.28 bits per heavy atom. The van der Waals surface area contributed by atoms with Crippen LogP contribution < -0.4 is 0 Å². The van der Waals surface area contributed by atoms with Crippen LogP contribution in [0.5, 0.6) is 0 Å². The molecule has 3 heterocycles. The molecule has 0 fully saturated rings. The van der Waals surface area contributed by atoms with Crippen molar-refractivity contribution in [1.29, 1.82) is 0 Å². The highest BCUT2D eigenvalue weighted by Gasteiger charge is 2.11. The maximum absolute atomic E-state index is 13.2. The van der Waals surface area contributed by atoms with Crippen molar-refractivity contribution in [1.82, 2.24) is 19.9 Å². The van der Waals surface area contributed by atoms with E-state index in [2.05, 4.69) is 19.9 Å². The fourth-order valence-electron chi connectivity index (χ4n) is 1.75. The number of aromatic nitrogens is 4. The molecule has 1 N–H and O–H groups in total. The van der Waals surface area contributed by atoms with Crippen LogP contribution in [0.2, 0.25) is 5.02 Å². The zero-order valence-electron chi connectivity index (χ0n) is 9.41. The highest BCUT2D eigenvalue weighted by Crippen LogP contribution is 2.27. The quantitative estimate of drug-likeness (QED) is 0.733. The molecule has 0 amide bonds. The molecular formula is C12H8ClFN4. The molecule has 0 unspecified atom stereocenters. The van der Waals surface area contributed by atoms with Gasteiger partial charge < -0.3 is 4.98 Å². The van der Waals surface area contributed by atoms with Gasteiger partial charge in [-0.05, 0) is 13.0 Å². The number of fused-ring (bicyclic) bond motifs is 1. The number of pyridine rings is 1. The van der Waals surface area contributed by atoms with E-state index in [1.54, 1.807) is 25.4 Å². The Kier molecular flexibility index (Phi) is 2.48. The van der Waals surface area contributed by atoms with Crippen molar-refractivity contribution >= 4 is 22.6 Å². The molecule has 0 aliphatic carbocycles. The summed E-state index contributed by atoms with van der Waals surface area (Å²) in [5.74, 6) is 0.0268. The number of H-pyrrole nitrogens is 1. The number of hydrogen-bond donors (Lipinski definition) is 1. The van der Waals surface area contributed by atoms with Crippen molar-refractivity contribution in [2.24, 2.45) is 0 Å². The van der Waals surface area contributed by atoms with E-state index in [-0.39, 0.29) is 0 Å². The molecule has 6 heteroatoms. The van der Waals surface area contributed by atoms with Gasteiger partial charge in [0.05, 0.1) is 16.9 Å². The molecule has 0 bridgehead atoms. The van der Waals surface area contributed by atoms with Gasteiger partial charge in [-0.2, -0.15) is 0 Å². The van der Waals surface area contributed by atoms with E-state index in [1.807, 2.05) is 0 Å². The minimum absolute atomic E-state index is 0.310. The van der Waals surface area contributed by atoms with Crippen LogP contribution in [0.15, 0.2) is 24.7 Å². The minimum Gasteiger partial charge on any atom is -0.345 e. The summed E-state index contributed by atoms with van der Waals surface area (Å²) >= 11 is 5.91. The summed E-state index contributed by atoms with van der Waals surface area (Å²) in [5.41, 5.74) is 1.76. The molecular weight excluding hydrogens is 255 g/mol. The lowest BCUT2D eigenvalue weighted by molar-refractivity contribution is 0.602. The average Bonchev–Trinajstić information content (AvgIpc) is 2.75. The van der Waals surface area contributed by atoms with E-state index in [0.29, 0.717) is 22.2 Å². The van der Waals surface area contributed by atoms with Gasteiger partial charge in [-0.25, -0.2) is 19.3 Å².